The number of hydrogen-bond donors (Lipinski definition) is 3. The van der Waals surface area contributed by atoms with E-state index in [2.05, 4.69) is 15.5 Å². The van der Waals surface area contributed by atoms with Crippen LogP contribution in [0.4, 0.5) is 5.13 Å². The van der Waals surface area contributed by atoms with Crippen molar-refractivity contribution in [1.29, 1.82) is 0 Å². The van der Waals surface area contributed by atoms with Crippen molar-refractivity contribution >= 4 is 63.5 Å². The monoisotopic (exact) mass is 515 g/mol. The Hall–Kier alpha value is -2.33. The second kappa shape index (κ2) is 10.3. The molecule has 0 radical (unpaired) electrons. The Bertz CT molecular complexity index is 1010. The van der Waals surface area contributed by atoms with Crippen molar-refractivity contribution < 1.29 is 33.8 Å². The summed E-state index contributed by atoms with van der Waals surface area (Å²) >= 11 is 3.91. The number of carbonyl (C=O) groups excluding carboxylic acids is 2. The van der Waals surface area contributed by atoms with E-state index in [1.165, 1.54) is 35.5 Å². The van der Waals surface area contributed by atoms with Crippen LogP contribution in [0.3, 0.4) is 0 Å². The third-order valence-corrected chi connectivity index (χ3v) is 8.41. The van der Waals surface area contributed by atoms with E-state index in [0.717, 1.165) is 11.3 Å². The highest BCUT2D eigenvalue weighted by atomic mass is 32.2. The normalized spacial score (nSPS) is 23.7. The summed E-state index contributed by atoms with van der Waals surface area (Å²) < 4.78 is 10.6. The first-order valence-electron chi connectivity index (χ1n) is 9.73. The highest BCUT2D eigenvalue weighted by molar-refractivity contribution is 8.06. The largest absolute Gasteiger partial charge is 0.477 e. The van der Waals surface area contributed by atoms with Crippen molar-refractivity contribution in [3.8, 4) is 0 Å². The Morgan fingerprint density at radius 1 is 1.45 bits per heavy atom. The number of nitrogens with two attached hydrogens (primary N) is 1. The van der Waals surface area contributed by atoms with Gasteiger partial charge in [-0.05, 0) is 0 Å². The Balaban J connectivity index is 1.45. The van der Waals surface area contributed by atoms with Crippen molar-refractivity contribution in [2.45, 2.75) is 11.4 Å². The Labute approximate surface area is 200 Å². The predicted molar refractivity (Wildman–Crippen MR) is 122 cm³/mol. The second-order valence-electron chi connectivity index (χ2n) is 7.17. The number of nitrogens with one attached hydrogen (secondary N) is 1. The van der Waals surface area contributed by atoms with Gasteiger partial charge in [0.05, 0.1) is 13.2 Å². The lowest BCUT2D eigenvalue weighted by molar-refractivity contribution is -0.150. The summed E-state index contributed by atoms with van der Waals surface area (Å²) in [7, 11) is 1.28. The number of amides is 2. The van der Waals surface area contributed by atoms with Gasteiger partial charge in [0.1, 0.15) is 36.7 Å². The van der Waals surface area contributed by atoms with E-state index in [-0.39, 0.29) is 34.9 Å². The lowest BCUT2D eigenvalue weighted by atomic mass is 10.0. The van der Waals surface area contributed by atoms with Crippen molar-refractivity contribution in [1.82, 2.24) is 15.2 Å². The molecule has 2 atom stereocenters. The number of carboxylic acid groups (broad SMARTS) is 1. The number of aliphatic carboxylic acids is 1. The summed E-state index contributed by atoms with van der Waals surface area (Å²) in [6.07, 6.45) is 0. The number of thiazole rings is 1. The van der Waals surface area contributed by atoms with Gasteiger partial charge in [0.2, 0.25) is 0 Å². The second-order valence-corrected chi connectivity index (χ2v) is 10.3. The molecule has 4 rings (SSSR count). The van der Waals surface area contributed by atoms with Crippen molar-refractivity contribution in [3.05, 3.63) is 21.7 Å². The van der Waals surface area contributed by atoms with E-state index < -0.39 is 29.2 Å². The fourth-order valence-electron chi connectivity index (χ4n) is 3.45. The molecule has 2 saturated heterocycles. The number of anilines is 1. The molecule has 0 spiro atoms. The smallest absolute Gasteiger partial charge is 0.353 e. The summed E-state index contributed by atoms with van der Waals surface area (Å²) in [4.78, 5) is 48.2. The summed E-state index contributed by atoms with van der Waals surface area (Å²) in [5, 5.41) is 17.4. The highest BCUT2D eigenvalue weighted by Gasteiger charge is 2.54. The first-order valence-corrected chi connectivity index (χ1v) is 12.6. The number of ether oxygens (including phenoxy) is 2. The van der Waals surface area contributed by atoms with E-state index >= 15 is 0 Å². The Morgan fingerprint density at radius 2 is 2.21 bits per heavy atom. The van der Waals surface area contributed by atoms with Crippen LogP contribution in [0.15, 0.2) is 21.1 Å². The molecular weight excluding hydrogens is 494 g/mol. The van der Waals surface area contributed by atoms with E-state index in [1.54, 1.807) is 5.38 Å². The van der Waals surface area contributed by atoms with Crippen LogP contribution in [-0.4, -0.2) is 88.5 Å². The summed E-state index contributed by atoms with van der Waals surface area (Å²) in [5.74, 6) is -1.19. The number of hydrogen-bond acceptors (Lipinski definition) is 12. The van der Waals surface area contributed by atoms with Gasteiger partial charge in [0.15, 0.2) is 10.8 Å². The van der Waals surface area contributed by atoms with Crippen molar-refractivity contribution in [2.24, 2.45) is 11.1 Å². The number of rotatable bonds is 8. The zero-order valence-corrected chi connectivity index (χ0v) is 19.8. The molecule has 33 heavy (non-hydrogen) atoms. The van der Waals surface area contributed by atoms with Crippen LogP contribution in [-0.2, 0) is 28.7 Å². The standard InChI is InChI=1S/C18H21N5O7S3/c1-28-22-11(9-5-33-18(19)20-9)14(24)21-12-15(25)23-13(17(26)27)10(6-32-16(12)23)31-4-8-2-29-7-30-3-8/h5,8,12,16H,2-4,6-7H2,1H3,(H2,19,20)(H,21,24)(H,26,27)/b22-11-/t12?,16-/m1/s1. The molecule has 0 aliphatic carbocycles. The van der Waals surface area contributed by atoms with E-state index in [1.807, 2.05) is 0 Å². The maximum atomic E-state index is 12.9. The van der Waals surface area contributed by atoms with Crippen LogP contribution in [0.5, 0.6) is 0 Å². The van der Waals surface area contributed by atoms with Gasteiger partial charge >= 0.3 is 5.97 Å². The molecule has 178 valence electrons. The molecule has 2 fully saturated rings. The van der Waals surface area contributed by atoms with Crippen LogP contribution in [0.25, 0.3) is 0 Å². The van der Waals surface area contributed by atoms with Crippen LogP contribution in [0.1, 0.15) is 5.69 Å². The fourth-order valence-corrected chi connectivity index (χ4v) is 6.69. The number of thioether (sulfide) groups is 2. The first-order chi connectivity index (χ1) is 15.9. The lowest BCUT2D eigenvalue weighted by Crippen LogP contribution is -2.71. The number of nitrogens with zero attached hydrogens (tertiary/aromatic N) is 3. The molecule has 3 aliphatic rings. The molecule has 15 heteroatoms. The van der Waals surface area contributed by atoms with Gasteiger partial charge in [-0.1, -0.05) is 5.16 Å². The molecular formula is C18H21N5O7S3. The van der Waals surface area contributed by atoms with Gasteiger partial charge in [-0.15, -0.1) is 34.9 Å². The number of carboxylic acids is 1. The molecule has 4 N–H and O–H groups in total. The number of fused-ring (bicyclic) bond motifs is 1. The molecule has 1 aromatic rings. The molecule has 1 aromatic heterocycles. The summed E-state index contributed by atoms with van der Waals surface area (Å²) in [6.45, 7) is 1.36. The van der Waals surface area contributed by atoms with Gasteiger partial charge < -0.3 is 30.5 Å². The minimum Gasteiger partial charge on any atom is -0.477 e. The van der Waals surface area contributed by atoms with E-state index in [4.69, 9.17) is 20.0 Å². The van der Waals surface area contributed by atoms with Gasteiger partial charge in [-0.3, -0.25) is 14.5 Å². The minimum absolute atomic E-state index is 0.0463. The molecule has 12 nitrogen and oxygen atoms in total. The fraction of sp³-hybridized carbons (Fsp3) is 0.500. The number of nitrogen functional groups attached to an aromatic ring is 1. The average molecular weight is 516 g/mol. The van der Waals surface area contributed by atoms with Crippen LogP contribution in [0, 0.1) is 5.92 Å². The maximum Gasteiger partial charge on any atom is 0.353 e. The molecule has 0 bridgehead atoms. The summed E-state index contributed by atoms with van der Waals surface area (Å²) in [5.41, 5.74) is 5.68. The molecule has 3 aliphatic heterocycles. The van der Waals surface area contributed by atoms with Gasteiger partial charge in [-0.2, -0.15) is 0 Å². The van der Waals surface area contributed by atoms with E-state index in [0.29, 0.717) is 29.6 Å². The SMILES string of the molecule is CO/N=C(\C(=O)NC1C(=O)N2C(C(=O)O)=C(SCC3COCOC3)CS[C@H]12)c1csc(N)n1. The zero-order chi connectivity index (χ0) is 23.5. The Kier molecular flexibility index (Phi) is 7.43. The molecule has 4 heterocycles. The molecule has 0 aromatic carbocycles. The van der Waals surface area contributed by atoms with Crippen LogP contribution < -0.4 is 11.1 Å². The number of carbonyl (C=O) groups is 3. The molecule has 2 amide bonds. The lowest BCUT2D eigenvalue weighted by Gasteiger charge is -2.49. The quantitative estimate of drug-likeness (QED) is 0.245. The number of aromatic nitrogens is 1. The van der Waals surface area contributed by atoms with Crippen LogP contribution in [0.2, 0.25) is 0 Å². The zero-order valence-electron chi connectivity index (χ0n) is 17.4. The third kappa shape index (κ3) is 4.96. The molecule has 1 unspecified atom stereocenters. The Morgan fingerprint density at radius 3 is 2.85 bits per heavy atom. The average Bonchev–Trinajstić information content (AvgIpc) is 3.25. The summed E-state index contributed by atoms with van der Waals surface area (Å²) in [6, 6.07) is -0.901. The number of β-lactam (4-membered cyclic amide) rings is 1. The topological polar surface area (TPSA) is 166 Å². The maximum absolute atomic E-state index is 12.9. The predicted octanol–water partition coefficient (Wildman–Crippen LogP) is 0.126. The van der Waals surface area contributed by atoms with Gasteiger partial charge in [0, 0.05) is 27.7 Å². The highest BCUT2D eigenvalue weighted by Crippen LogP contribution is 2.43. The van der Waals surface area contributed by atoms with Crippen LogP contribution >= 0.6 is 34.9 Å². The molecule has 0 saturated carbocycles. The van der Waals surface area contributed by atoms with Crippen molar-refractivity contribution in [3.63, 3.8) is 0 Å². The third-order valence-electron chi connectivity index (χ3n) is 4.95. The van der Waals surface area contributed by atoms with Crippen molar-refractivity contribution in [2.75, 3.05) is 44.4 Å². The van der Waals surface area contributed by atoms with E-state index in [9.17, 15) is 19.5 Å². The number of oxime groups is 1. The van der Waals surface area contributed by atoms with Gasteiger partial charge in [0.25, 0.3) is 11.8 Å². The van der Waals surface area contributed by atoms with Gasteiger partial charge in [-0.25, -0.2) is 9.78 Å². The first kappa shape index (κ1) is 23.8. The minimum atomic E-state index is -1.18.